The molecule has 0 amide bonds. The number of nitrogens with two attached hydrogens (primary N) is 1. The number of rotatable bonds is 3. The van der Waals surface area contributed by atoms with Crippen LogP contribution in [0.3, 0.4) is 0 Å². The zero-order valence-electron chi connectivity index (χ0n) is 10.5. The van der Waals surface area contributed by atoms with Crippen LogP contribution in [0.15, 0.2) is 23.2 Å². The highest BCUT2D eigenvalue weighted by molar-refractivity contribution is 6.35. The van der Waals surface area contributed by atoms with E-state index < -0.39 is 0 Å². The first-order valence-electron chi connectivity index (χ1n) is 6.02. The van der Waals surface area contributed by atoms with Gasteiger partial charge in [-0.25, -0.2) is 4.99 Å². The second-order valence-electron chi connectivity index (χ2n) is 4.83. The van der Waals surface area contributed by atoms with E-state index in [1.54, 1.807) is 6.07 Å². The monoisotopic (exact) mass is 285 g/mol. The molecule has 0 aliphatic heterocycles. The summed E-state index contributed by atoms with van der Waals surface area (Å²) in [5.41, 5.74) is 6.83. The Hall–Kier alpha value is -0.930. The van der Waals surface area contributed by atoms with Crippen molar-refractivity contribution in [3.05, 3.63) is 33.8 Å². The molecule has 1 aromatic carbocycles. The minimum atomic E-state index is 0.00701. The smallest absolute Gasteiger partial charge is 0.189 e. The van der Waals surface area contributed by atoms with Crippen LogP contribution in [0, 0.1) is 5.92 Å². The van der Waals surface area contributed by atoms with E-state index in [1.807, 2.05) is 19.1 Å². The molecule has 1 aromatic rings. The first-order valence-corrected chi connectivity index (χ1v) is 6.77. The second kappa shape index (κ2) is 5.37. The third kappa shape index (κ3) is 3.30. The largest absolute Gasteiger partial charge is 0.370 e. The summed E-state index contributed by atoms with van der Waals surface area (Å²) in [6.07, 6.45) is 1.12. The molecule has 0 heterocycles. The molecule has 1 fully saturated rings. The third-order valence-electron chi connectivity index (χ3n) is 3.17. The predicted molar refractivity (Wildman–Crippen MR) is 77.2 cm³/mol. The van der Waals surface area contributed by atoms with Crippen molar-refractivity contribution < 1.29 is 0 Å². The van der Waals surface area contributed by atoms with E-state index in [1.165, 1.54) is 0 Å². The Balaban J connectivity index is 2.02. The Morgan fingerprint density at radius 1 is 1.50 bits per heavy atom. The van der Waals surface area contributed by atoms with Crippen LogP contribution in [-0.4, -0.2) is 12.0 Å². The summed E-state index contributed by atoms with van der Waals surface area (Å²) in [7, 11) is 0. The van der Waals surface area contributed by atoms with Gasteiger partial charge in [-0.1, -0.05) is 36.2 Å². The van der Waals surface area contributed by atoms with Gasteiger partial charge in [0.1, 0.15) is 0 Å². The number of hydrogen-bond donors (Lipinski definition) is 2. The number of nitrogens with one attached hydrogen (secondary N) is 1. The van der Waals surface area contributed by atoms with Crippen LogP contribution in [0.5, 0.6) is 0 Å². The molecule has 5 heteroatoms. The average Bonchev–Trinajstić information content (AvgIpc) is 2.93. The first kappa shape index (κ1) is 13.5. The summed E-state index contributed by atoms with van der Waals surface area (Å²) in [5, 5.41) is 4.41. The van der Waals surface area contributed by atoms with E-state index in [0.29, 0.717) is 28.0 Å². The van der Waals surface area contributed by atoms with Crippen molar-refractivity contribution in [2.24, 2.45) is 16.6 Å². The summed E-state index contributed by atoms with van der Waals surface area (Å²) >= 11 is 12.0. The minimum Gasteiger partial charge on any atom is -0.370 e. The highest BCUT2D eigenvalue weighted by atomic mass is 35.5. The van der Waals surface area contributed by atoms with Crippen LogP contribution in [0.4, 0.5) is 0 Å². The zero-order valence-corrected chi connectivity index (χ0v) is 12.0. The normalized spacial score (nSPS) is 24.8. The van der Waals surface area contributed by atoms with Gasteiger partial charge in [-0.15, -0.1) is 0 Å². The van der Waals surface area contributed by atoms with Gasteiger partial charge in [0.25, 0.3) is 0 Å². The van der Waals surface area contributed by atoms with Crippen LogP contribution in [0.2, 0.25) is 10.0 Å². The maximum absolute atomic E-state index is 6.14. The molecule has 0 aromatic heterocycles. The van der Waals surface area contributed by atoms with E-state index >= 15 is 0 Å². The molecule has 18 heavy (non-hydrogen) atoms. The summed E-state index contributed by atoms with van der Waals surface area (Å²) in [5.74, 6) is 1.13. The van der Waals surface area contributed by atoms with Gasteiger partial charge in [-0.05, 0) is 37.0 Å². The Labute approximate surface area is 117 Å². The van der Waals surface area contributed by atoms with Crippen LogP contribution in [0.25, 0.3) is 0 Å². The van der Waals surface area contributed by atoms with Crippen molar-refractivity contribution in [2.45, 2.75) is 32.4 Å². The fraction of sp³-hybridized carbons (Fsp3) is 0.462. The van der Waals surface area contributed by atoms with Gasteiger partial charge in [0.2, 0.25) is 0 Å². The molecule has 98 valence electrons. The molecular weight excluding hydrogens is 269 g/mol. The van der Waals surface area contributed by atoms with Gasteiger partial charge in [0.05, 0.1) is 12.1 Å². The first-order chi connectivity index (χ1) is 8.47. The van der Waals surface area contributed by atoms with Crippen molar-refractivity contribution in [2.75, 3.05) is 0 Å². The number of nitrogens with zero attached hydrogens (tertiary/aromatic N) is 1. The zero-order chi connectivity index (χ0) is 13.3. The number of aliphatic imine (C=N–C) groups is 1. The molecule has 3 N–H and O–H groups in total. The van der Waals surface area contributed by atoms with E-state index in [4.69, 9.17) is 28.9 Å². The van der Waals surface area contributed by atoms with Crippen LogP contribution in [0.1, 0.15) is 31.9 Å². The third-order valence-corrected chi connectivity index (χ3v) is 3.73. The molecule has 0 bridgehead atoms. The molecule has 0 spiro atoms. The highest BCUT2D eigenvalue weighted by Gasteiger charge is 2.32. The van der Waals surface area contributed by atoms with Crippen molar-refractivity contribution in [1.82, 2.24) is 5.32 Å². The molecule has 1 saturated carbocycles. The fourth-order valence-corrected chi connectivity index (χ4v) is 2.42. The van der Waals surface area contributed by atoms with E-state index in [-0.39, 0.29) is 6.04 Å². The van der Waals surface area contributed by atoms with E-state index in [0.717, 1.165) is 12.0 Å². The quantitative estimate of drug-likeness (QED) is 0.661. The molecule has 3 atom stereocenters. The topological polar surface area (TPSA) is 50.4 Å². The molecule has 3 unspecified atom stereocenters. The van der Waals surface area contributed by atoms with Gasteiger partial charge in [0.15, 0.2) is 5.96 Å². The van der Waals surface area contributed by atoms with Gasteiger partial charge in [0, 0.05) is 10.0 Å². The molecule has 1 aliphatic rings. The Kier molecular flexibility index (Phi) is 4.03. The Morgan fingerprint density at radius 3 is 2.72 bits per heavy atom. The lowest BCUT2D eigenvalue weighted by atomic mass is 10.1. The van der Waals surface area contributed by atoms with E-state index in [9.17, 15) is 0 Å². The van der Waals surface area contributed by atoms with Gasteiger partial charge in [-0.3, -0.25) is 0 Å². The summed E-state index contributed by atoms with van der Waals surface area (Å²) in [6, 6.07) is 5.83. The maximum Gasteiger partial charge on any atom is 0.189 e. The lowest BCUT2D eigenvalue weighted by Gasteiger charge is -2.16. The summed E-state index contributed by atoms with van der Waals surface area (Å²) in [6.45, 7) is 4.16. The molecule has 1 aliphatic carbocycles. The second-order valence-corrected chi connectivity index (χ2v) is 5.67. The van der Waals surface area contributed by atoms with Crippen LogP contribution >= 0.6 is 23.2 Å². The van der Waals surface area contributed by atoms with Gasteiger partial charge >= 0.3 is 0 Å². The van der Waals surface area contributed by atoms with Crippen molar-refractivity contribution in [1.29, 1.82) is 0 Å². The SMILES string of the molecule is CC(NC(N)=NC1CC1C)c1ccc(Cl)cc1Cl. The average molecular weight is 286 g/mol. The molecular formula is C13H17Cl2N3. The summed E-state index contributed by atoms with van der Waals surface area (Å²) in [4.78, 5) is 4.40. The Bertz CT molecular complexity index is 473. The number of guanidine groups is 1. The number of hydrogen-bond acceptors (Lipinski definition) is 1. The van der Waals surface area contributed by atoms with Gasteiger partial charge < -0.3 is 11.1 Å². The minimum absolute atomic E-state index is 0.00701. The predicted octanol–water partition coefficient (Wildman–Crippen LogP) is 3.37. The number of benzene rings is 1. The molecule has 2 rings (SSSR count). The maximum atomic E-state index is 6.14. The van der Waals surface area contributed by atoms with Crippen molar-refractivity contribution in [3.8, 4) is 0 Å². The fourth-order valence-electron chi connectivity index (χ4n) is 1.85. The highest BCUT2D eigenvalue weighted by Crippen LogP contribution is 2.32. The summed E-state index contributed by atoms with van der Waals surface area (Å²) < 4.78 is 0. The standard InChI is InChI=1S/C13H17Cl2N3/c1-7-5-12(7)18-13(16)17-8(2)10-4-3-9(14)6-11(10)15/h3-4,6-8,12H,5H2,1-2H3,(H3,16,17,18). The lowest BCUT2D eigenvalue weighted by molar-refractivity contribution is 0.705. The lowest BCUT2D eigenvalue weighted by Crippen LogP contribution is -2.34. The molecule has 3 nitrogen and oxygen atoms in total. The molecule has 0 radical (unpaired) electrons. The Morgan fingerprint density at radius 2 is 2.17 bits per heavy atom. The van der Waals surface area contributed by atoms with Crippen molar-refractivity contribution in [3.63, 3.8) is 0 Å². The van der Waals surface area contributed by atoms with E-state index in [2.05, 4.69) is 17.2 Å². The van der Waals surface area contributed by atoms with Crippen molar-refractivity contribution >= 4 is 29.2 Å². The number of halogens is 2. The van der Waals surface area contributed by atoms with Crippen LogP contribution in [-0.2, 0) is 0 Å². The van der Waals surface area contributed by atoms with Gasteiger partial charge in [-0.2, -0.15) is 0 Å². The van der Waals surface area contributed by atoms with Crippen LogP contribution < -0.4 is 11.1 Å². The molecule has 0 saturated heterocycles.